The Morgan fingerprint density at radius 1 is 1.08 bits per heavy atom. The Morgan fingerprint density at radius 2 is 1.84 bits per heavy atom. The molecule has 37 heavy (non-hydrogen) atoms. The minimum absolute atomic E-state index is 0.0529. The van der Waals surface area contributed by atoms with E-state index in [2.05, 4.69) is 15.2 Å². The number of halogens is 3. The van der Waals surface area contributed by atoms with Gasteiger partial charge in [-0.15, -0.1) is 5.10 Å². The van der Waals surface area contributed by atoms with Crippen molar-refractivity contribution in [2.75, 3.05) is 13.1 Å². The average molecular weight is 509 g/mol. The van der Waals surface area contributed by atoms with Crippen molar-refractivity contribution < 1.29 is 22.7 Å². The summed E-state index contributed by atoms with van der Waals surface area (Å²) in [4.78, 5) is 19.2. The normalized spacial score (nSPS) is 16.3. The number of carbonyl (C=O) groups is 1. The van der Waals surface area contributed by atoms with E-state index >= 15 is 0 Å². The number of benzene rings is 2. The fourth-order valence-corrected chi connectivity index (χ4v) is 5.23. The summed E-state index contributed by atoms with van der Waals surface area (Å²) in [6.45, 7) is 2.42. The third kappa shape index (κ3) is 3.76. The number of aromatic nitrogens is 5. The Kier molecular flexibility index (Phi) is 5.15. The van der Waals surface area contributed by atoms with Gasteiger partial charge in [-0.2, -0.15) is 18.3 Å². The van der Waals surface area contributed by atoms with E-state index < -0.39 is 17.3 Å². The summed E-state index contributed by atoms with van der Waals surface area (Å²) in [6.07, 6.45) is -1.54. The quantitative estimate of drug-likeness (QED) is 0.398. The topological polar surface area (TPSA) is 78.1 Å². The van der Waals surface area contributed by atoms with Crippen LogP contribution in [0.1, 0.15) is 40.4 Å². The van der Waals surface area contributed by atoms with Crippen LogP contribution >= 0.6 is 0 Å². The molecule has 2 aromatic heterocycles. The van der Waals surface area contributed by atoms with E-state index in [1.807, 2.05) is 42.2 Å². The number of nitrogens with zero attached hydrogens (tertiary/aromatic N) is 6. The molecule has 0 radical (unpaired) electrons. The van der Waals surface area contributed by atoms with Gasteiger partial charge >= 0.3 is 6.18 Å². The van der Waals surface area contributed by atoms with Gasteiger partial charge in [0.2, 0.25) is 5.82 Å². The lowest BCUT2D eigenvalue weighted by Gasteiger charge is -2.44. The van der Waals surface area contributed by atoms with Gasteiger partial charge < -0.3 is 9.64 Å². The first-order chi connectivity index (χ1) is 17.7. The van der Waals surface area contributed by atoms with Crippen LogP contribution in [0.4, 0.5) is 13.2 Å². The van der Waals surface area contributed by atoms with Crippen molar-refractivity contribution in [3.63, 3.8) is 0 Å². The zero-order chi connectivity index (χ0) is 25.9. The smallest absolute Gasteiger partial charge is 0.416 e. The van der Waals surface area contributed by atoms with Crippen molar-refractivity contribution in [2.24, 2.45) is 7.05 Å². The van der Waals surface area contributed by atoms with Crippen LogP contribution in [0.5, 0.6) is 5.75 Å². The maximum atomic E-state index is 13.3. The second-order valence-corrected chi connectivity index (χ2v) is 9.36. The van der Waals surface area contributed by atoms with Gasteiger partial charge in [-0.3, -0.25) is 9.48 Å². The number of rotatable bonds is 2. The van der Waals surface area contributed by atoms with E-state index in [1.54, 1.807) is 11.8 Å². The van der Waals surface area contributed by atoms with Crippen molar-refractivity contribution in [2.45, 2.75) is 31.5 Å². The molecule has 0 saturated carbocycles. The predicted molar refractivity (Wildman–Crippen MR) is 127 cm³/mol. The van der Waals surface area contributed by atoms with Crippen LogP contribution in [0, 0.1) is 6.92 Å². The molecule has 1 saturated heterocycles. The molecule has 1 spiro atoms. The molecule has 2 aromatic carbocycles. The predicted octanol–water partition coefficient (Wildman–Crippen LogP) is 4.52. The van der Waals surface area contributed by atoms with Crippen molar-refractivity contribution in [1.82, 2.24) is 29.4 Å². The van der Waals surface area contributed by atoms with Crippen LogP contribution in [0.25, 0.3) is 16.9 Å². The largest absolute Gasteiger partial charge is 0.482 e. The van der Waals surface area contributed by atoms with Crippen LogP contribution in [0.3, 0.4) is 0 Å². The number of hydrogen-bond donors (Lipinski definition) is 0. The summed E-state index contributed by atoms with van der Waals surface area (Å²) in [5, 5.41) is 8.73. The molecular formula is C26H23F3N6O2. The van der Waals surface area contributed by atoms with E-state index in [1.165, 1.54) is 16.8 Å². The van der Waals surface area contributed by atoms with E-state index in [-0.39, 0.29) is 17.4 Å². The van der Waals surface area contributed by atoms with Gasteiger partial charge in [-0.25, -0.2) is 9.67 Å². The van der Waals surface area contributed by atoms with Gasteiger partial charge in [0.25, 0.3) is 5.91 Å². The molecule has 0 unspecified atom stereocenters. The van der Waals surface area contributed by atoms with Gasteiger partial charge in [-0.05, 0) is 37.3 Å². The highest BCUT2D eigenvalue weighted by Crippen LogP contribution is 2.49. The van der Waals surface area contributed by atoms with Gasteiger partial charge in [0.1, 0.15) is 17.2 Å². The Bertz CT molecular complexity index is 1510. The lowest BCUT2D eigenvalue weighted by Crippen LogP contribution is -2.49. The van der Waals surface area contributed by atoms with Crippen molar-refractivity contribution in [1.29, 1.82) is 0 Å². The fourth-order valence-electron chi connectivity index (χ4n) is 5.23. The number of ether oxygens (including phenoxy) is 1. The molecule has 8 nitrogen and oxygen atoms in total. The first kappa shape index (κ1) is 23.3. The highest BCUT2D eigenvalue weighted by atomic mass is 19.4. The molecule has 4 aromatic rings. The zero-order valence-electron chi connectivity index (χ0n) is 20.2. The SMILES string of the molecule is Cc1nc(C(=O)N2CCC3(CC2)Oc2ccccc2-c2c3cnn2C)nn1-c1cccc(C(F)(F)F)c1. The van der Waals surface area contributed by atoms with E-state index in [0.717, 1.165) is 34.7 Å². The summed E-state index contributed by atoms with van der Waals surface area (Å²) in [5.74, 6) is 0.688. The highest BCUT2D eigenvalue weighted by Gasteiger charge is 2.46. The van der Waals surface area contributed by atoms with Crippen LogP contribution in [0.15, 0.2) is 54.7 Å². The highest BCUT2D eigenvalue weighted by molar-refractivity contribution is 5.90. The molecule has 1 fully saturated rings. The molecule has 2 aliphatic heterocycles. The van der Waals surface area contributed by atoms with Crippen LogP contribution in [0.2, 0.25) is 0 Å². The lowest BCUT2D eigenvalue weighted by molar-refractivity contribution is -0.137. The number of aryl methyl sites for hydroxylation is 2. The number of para-hydroxylation sites is 1. The molecule has 190 valence electrons. The second-order valence-electron chi connectivity index (χ2n) is 9.36. The second kappa shape index (κ2) is 8.19. The van der Waals surface area contributed by atoms with Crippen LogP contribution < -0.4 is 4.74 Å². The molecule has 2 aliphatic rings. The van der Waals surface area contributed by atoms with Crippen LogP contribution in [-0.2, 0) is 18.8 Å². The average Bonchev–Trinajstić information content (AvgIpc) is 3.47. The Hall–Kier alpha value is -4.15. The maximum absolute atomic E-state index is 13.3. The molecule has 4 heterocycles. The molecule has 6 rings (SSSR count). The molecule has 11 heteroatoms. The molecule has 0 bridgehead atoms. The van der Waals surface area contributed by atoms with Gasteiger partial charge in [-0.1, -0.05) is 18.2 Å². The van der Waals surface area contributed by atoms with Gasteiger partial charge in [0.05, 0.1) is 23.1 Å². The third-order valence-electron chi connectivity index (χ3n) is 7.11. The van der Waals surface area contributed by atoms with Crippen molar-refractivity contribution in [3.05, 3.63) is 77.5 Å². The summed E-state index contributed by atoms with van der Waals surface area (Å²) in [5.41, 5.74) is 1.80. The summed E-state index contributed by atoms with van der Waals surface area (Å²) >= 11 is 0. The Labute approximate surface area is 210 Å². The Balaban J connectivity index is 1.24. The number of amides is 1. The standard InChI is InChI=1S/C26H23F3N6O2/c1-16-31-23(32-35(16)18-7-5-6-17(14-18)26(27,28)29)24(36)34-12-10-25(11-13-34)20-15-30-33(2)22(20)19-8-3-4-9-21(19)37-25/h3-9,14-15H,10-13H2,1-2H3. The first-order valence-corrected chi connectivity index (χ1v) is 11.9. The van der Waals surface area contributed by atoms with Crippen molar-refractivity contribution in [3.8, 4) is 22.7 Å². The maximum Gasteiger partial charge on any atom is 0.416 e. The number of fused-ring (bicyclic) bond motifs is 4. The molecular weight excluding hydrogens is 485 g/mol. The van der Waals surface area contributed by atoms with Crippen molar-refractivity contribution >= 4 is 5.91 Å². The molecule has 0 N–H and O–H groups in total. The Morgan fingerprint density at radius 3 is 2.59 bits per heavy atom. The number of alkyl halides is 3. The lowest BCUT2D eigenvalue weighted by atomic mass is 9.81. The summed E-state index contributed by atoms with van der Waals surface area (Å²) in [7, 11) is 1.90. The number of piperidine rings is 1. The molecule has 0 aliphatic carbocycles. The van der Waals surface area contributed by atoms with E-state index in [0.29, 0.717) is 31.8 Å². The summed E-state index contributed by atoms with van der Waals surface area (Å²) in [6, 6.07) is 12.6. The molecule has 1 amide bonds. The summed E-state index contributed by atoms with van der Waals surface area (Å²) < 4.78 is 49.1. The zero-order valence-corrected chi connectivity index (χ0v) is 20.2. The third-order valence-corrected chi connectivity index (χ3v) is 7.11. The van der Waals surface area contributed by atoms with Gasteiger partial charge in [0, 0.05) is 44.1 Å². The first-order valence-electron chi connectivity index (χ1n) is 11.9. The fraction of sp³-hybridized carbons (Fsp3) is 0.308. The van der Waals surface area contributed by atoms with E-state index in [9.17, 15) is 18.0 Å². The van der Waals surface area contributed by atoms with Crippen LogP contribution in [-0.4, -0.2) is 48.4 Å². The minimum Gasteiger partial charge on any atom is -0.482 e. The van der Waals surface area contributed by atoms with Gasteiger partial charge in [0.15, 0.2) is 0 Å². The number of carbonyl (C=O) groups excluding carboxylic acids is 1. The van der Waals surface area contributed by atoms with E-state index in [4.69, 9.17) is 4.74 Å². The minimum atomic E-state index is -4.48. The molecule has 0 atom stereocenters. The number of likely N-dealkylation sites (tertiary alicyclic amines) is 1. The number of hydrogen-bond acceptors (Lipinski definition) is 5. The monoisotopic (exact) mass is 508 g/mol.